The van der Waals surface area contributed by atoms with E-state index in [1.54, 1.807) is 7.11 Å². The number of hydrogen-bond acceptors (Lipinski definition) is 4. The van der Waals surface area contributed by atoms with Gasteiger partial charge in [-0.05, 0) is 0 Å². The van der Waals surface area contributed by atoms with Gasteiger partial charge in [-0.3, -0.25) is 0 Å². The maximum absolute atomic E-state index is 5.75. The Kier molecular flexibility index (Phi) is 7.69. The maximum atomic E-state index is 5.75. The van der Waals surface area contributed by atoms with Crippen molar-refractivity contribution < 1.29 is 18.9 Å². The molecule has 96 valence electrons. The van der Waals surface area contributed by atoms with E-state index in [1.807, 2.05) is 0 Å². The van der Waals surface area contributed by atoms with Crippen molar-refractivity contribution in [2.24, 2.45) is 0 Å². The van der Waals surface area contributed by atoms with Gasteiger partial charge in [-0.25, -0.2) is 0 Å². The van der Waals surface area contributed by atoms with Crippen LogP contribution in [0.4, 0.5) is 0 Å². The Hall–Kier alpha value is 0.420. The van der Waals surface area contributed by atoms with Crippen molar-refractivity contribution in [2.75, 3.05) is 45.3 Å². The van der Waals surface area contributed by atoms with Crippen LogP contribution in [0.5, 0.6) is 0 Å². The largest absolute Gasteiger partial charge is 0.378 e. The Bertz CT molecular complexity index is 174. The second-order valence-corrected chi connectivity index (χ2v) is 4.23. The summed E-state index contributed by atoms with van der Waals surface area (Å²) >= 11 is 11.4. The zero-order valence-electron chi connectivity index (χ0n) is 9.36. The summed E-state index contributed by atoms with van der Waals surface area (Å²) in [5, 5.41) is 0. The Balaban J connectivity index is 2.02. The SMILES string of the molecule is COC(CCl)COCC(CCl)OCC1CO1. The second kappa shape index (κ2) is 8.50. The first kappa shape index (κ1) is 14.5. The summed E-state index contributed by atoms with van der Waals surface area (Å²) in [7, 11) is 1.61. The van der Waals surface area contributed by atoms with Crippen LogP contribution in [0.15, 0.2) is 0 Å². The van der Waals surface area contributed by atoms with Gasteiger partial charge in [0.25, 0.3) is 0 Å². The molecule has 0 aromatic carbocycles. The smallest absolute Gasteiger partial charge is 0.104 e. The normalized spacial score (nSPS) is 23.1. The van der Waals surface area contributed by atoms with Crippen LogP contribution in [-0.4, -0.2) is 63.6 Å². The minimum absolute atomic E-state index is 0.0793. The third-order valence-corrected chi connectivity index (χ3v) is 2.89. The van der Waals surface area contributed by atoms with Crippen LogP contribution < -0.4 is 0 Å². The first-order valence-corrected chi connectivity index (χ1v) is 6.32. The molecule has 0 saturated carbocycles. The van der Waals surface area contributed by atoms with Gasteiger partial charge in [0.2, 0.25) is 0 Å². The van der Waals surface area contributed by atoms with Crippen molar-refractivity contribution in [2.45, 2.75) is 18.3 Å². The molecule has 3 unspecified atom stereocenters. The van der Waals surface area contributed by atoms with Gasteiger partial charge in [0.15, 0.2) is 0 Å². The lowest BCUT2D eigenvalue weighted by molar-refractivity contribution is -0.0375. The van der Waals surface area contributed by atoms with E-state index in [1.165, 1.54) is 0 Å². The fourth-order valence-electron chi connectivity index (χ4n) is 1.05. The Morgan fingerprint density at radius 2 is 1.88 bits per heavy atom. The monoisotopic (exact) mass is 272 g/mol. The van der Waals surface area contributed by atoms with Gasteiger partial charge < -0.3 is 18.9 Å². The topological polar surface area (TPSA) is 40.2 Å². The summed E-state index contributed by atoms with van der Waals surface area (Å²) < 4.78 is 21.0. The number of alkyl halides is 2. The number of rotatable bonds is 10. The molecule has 0 spiro atoms. The standard InChI is InChI=1S/C10H18Cl2O4/c1-13-8(2-11)4-14-5-9(3-12)15-6-10-7-16-10/h8-10H,2-7H2,1H3. The molecule has 4 nitrogen and oxygen atoms in total. The van der Waals surface area contributed by atoms with Crippen molar-refractivity contribution in [1.29, 1.82) is 0 Å². The quantitative estimate of drug-likeness (QED) is 0.444. The summed E-state index contributed by atoms with van der Waals surface area (Å²) in [5.74, 6) is 0.823. The van der Waals surface area contributed by atoms with Gasteiger partial charge in [0, 0.05) is 7.11 Å². The third-order valence-electron chi connectivity index (χ3n) is 2.21. The van der Waals surface area contributed by atoms with Crippen LogP contribution in [0.3, 0.4) is 0 Å². The fraction of sp³-hybridized carbons (Fsp3) is 1.00. The van der Waals surface area contributed by atoms with E-state index in [0.717, 1.165) is 6.61 Å². The lowest BCUT2D eigenvalue weighted by Gasteiger charge is -2.17. The van der Waals surface area contributed by atoms with Gasteiger partial charge in [-0.2, -0.15) is 0 Å². The Morgan fingerprint density at radius 3 is 2.38 bits per heavy atom. The molecule has 1 fully saturated rings. The fourth-order valence-corrected chi connectivity index (χ4v) is 1.44. The van der Waals surface area contributed by atoms with Crippen LogP contribution in [0.1, 0.15) is 0 Å². The summed E-state index contributed by atoms with van der Waals surface area (Å²) in [6.45, 7) is 2.28. The Morgan fingerprint density at radius 1 is 1.25 bits per heavy atom. The molecule has 0 radical (unpaired) electrons. The minimum Gasteiger partial charge on any atom is -0.378 e. The van der Waals surface area contributed by atoms with Gasteiger partial charge in [-0.1, -0.05) is 0 Å². The van der Waals surface area contributed by atoms with Crippen LogP contribution in [0, 0.1) is 0 Å². The van der Waals surface area contributed by atoms with E-state index in [9.17, 15) is 0 Å². The van der Waals surface area contributed by atoms with E-state index in [2.05, 4.69) is 0 Å². The molecule has 6 heteroatoms. The lowest BCUT2D eigenvalue weighted by atomic mass is 10.4. The van der Waals surface area contributed by atoms with E-state index >= 15 is 0 Å². The Labute approximate surface area is 106 Å². The zero-order valence-corrected chi connectivity index (χ0v) is 10.9. The van der Waals surface area contributed by atoms with Gasteiger partial charge >= 0.3 is 0 Å². The van der Waals surface area contributed by atoms with Gasteiger partial charge in [0.1, 0.15) is 6.10 Å². The van der Waals surface area contributed by atoms with E-state index in [0.29, 0.717) is 31.6 Å². The van der Waals surface area contributed by atoms with Crippen molar-refractivity contribution in [1.82, 2.24) is 0 Å². The first-order valence-electron chi connectivity index (χ1n) is 5.25. The van der Waals surface area contributed by atoms with Gasteiger partial charge in [-0.15, -0.1) is 23.2 Å². The van der Waals surface area contributed by atoms with E-state index in [4.69, 9.17) is 42.1 Å². The number of methoxy groups -OCH3 is 1. The molecule has 1 rings (SSSR count). The van der Waals surface area contributed by atoms with Crippen LogP contribution >= 0.6 is 23.2 Å². The summed E-state index contributed by atoms with van der Waals surface area (Å²) in [5.41, 5.74) is 0. The number of halogens is 2. The van der Waals surface area contributed by atoms with Crippen molar-refractivity contribution in [3.8, 4) is 0 Å². The highest BCUT2D eigenvalue weighted by Gasteiger charge is 2.24. The van der Waals surface area contributed by atoms with Crippen molar-refractivity contribution in [3.63, 3.8) is 0 Å². The summed E-state index contributed by atoms with van der Waals surface area (Å²) in [6, 6.07) is 0. The predicted molar refractivity (Wildman–Crippen MR) is 62.5 cm³/mol. The average Bonchev–Trinajstić information content (AvgIpc) is 3.12. The molecule has 1 saturated heterocycles. The molecule has 0 amide bonds. The molecule has 3 atom stereocenters. The first-order chi connectivity index (χ1) is 7.80. The molecule has 0 N–H and O–H groups in total. The molecule has 16 heavy (non-hydrogen) atoms. The number of ether oxygens (including phenoxy) is 4. The molecular weight excluding hydrogens is 255 g/mol. The number of epoxide rings is 1. The average molecular weight is 273 g/mol. The molecule has 0 bridgehead atoms. The molecule has 0 aliphatic carbocycles. The van der Waals surface area contributed by atoms with Crippen LogP contribution in [-0.2, 0) is 18.9 Å². The lowest BCUT2D eigenvalue weighted by Crippen LogP contribution is -2.27. The molecule has 0 aromatic heterocycles. The molecule has 0 aromatic rings. The van der Waals surface area contributed by atoms with Gasteiger partial charge in [0.05, 0.1) is 50.4 Å². The van der Waals surface area contributed by atoms with Crippen molar-refractivity contribution >= 4 is 23.2 Å². The van der Waals surface area contributed by atoms with Crippen molar-refractivity contribution in [3.05, 3.63) is 0 Å². The number of hydrogen-bond donors (Lipinski definition) is 0. The summed E-state index contributed by atoms with van der Waals surface area (Å²) in [4.78, 5) is 0. The van der Waals surface area contributed by atoms with Crippen LogP contribution in [0.2, 0.25) is 0 Å². The highest BCUT2D eigenvalue weighted by atomic mass is 35.5. The highest BCUT2D eigenvalue weighted by molar-refractivity contribution is 6.18. The van der Waals surface area contributed by atoms with E-state index in [-0.39, 0.29) is 18.3 Å². The molecule has 1 aliphatic heterocycles. The predicted octanol–water partition coefficient (Wildman–Crippen LogP) is 1.28. The minimum atomic E-state index is -0.0984. The molecule has 1 aliphatic rings. The zero-order chi connectivity index (χ0) is 11.8. The van der Waals surface area contributed by atoms with E-state index < -0.39 is 0 Å². The molecule has 1 heterocycles. The summed E-state index contributed by atoms with van der Waals surface area (Å²) in [6.07, 6.45) is 0.0726. The second-order valence-electron chi connectivity index (χ2n) is 3.61. The molecular formula is C10H18Cl2O4. The van der Waals surface area contributed by atoms with Crippen LogP contribution in [0.25, 0.3) is 0 Å². The third kappa shape index (κ3) is 6.23. The highest BCUT2D eigenvalue weighted by Crippen LogP contribution is 2.10. The maximum Gasteiger partial charge on any atom is 0.104 e.